The van der Waals surface area contributed by atoms with Crippen molar-refractivity contribution in [3.8, 4) is 0 Å². The maximum absolute atomic E-state index is 11.2. The molecule has 1 amide bonds. The van der Waals surface area contributed by atoms with Crippen LogP contribution in [0.5, 0.6) is 0 Å². The Bertz CT molecular complexity index is 644. The maximum Gasteiger partial charge on any atom is 0.250 e. The molecule has 0 radical (unpaired) electrons. The highest BCUT2D eigenvalue weighted by atomic mass is 35.5. The van der Waals surface area contributed by atoms with E-state index in [2.05, 4.69) is 5.32 Å². The van der Waals surface area contributed by atoms with Crippen LogP contribution < -0.4 is 16.8 Å². The van der Waals surface area contributed by atoms with Gasteiger partial charge in [0.15, 0.2) is 0 Å². The summed E-state index contributed by atoms with van der Waals surface area (Å²) in [5.74, 6) is -0.580. The molecular weight excluding hydrogens is 285 g/mol. The van der Waals surface area contributed by atoms with E-state index in [4.69, 9.17) is 34.7 Å². The minimum atomic E-state index is -0.580. The van der Waals surface area contributed by atoms with Crippen LogP contribution in [0, 0.1) is 0 Å². The minimum Gasteiger partial charge on any atom is -0.398 e. The Morgan fingerprint density at radius 2 is 1.84 bits per heavy atom. The predicted molar refractivity (Wildman–Crippen MR) is 79.1 cm³/mol. The lowest BCUT2D eigenvalue weighted by molar-refractivity contribution is 0.100. The molecular formula is C13H11Cl2N3O. The second-order valence-electron chi connectivity index (χ2n) is 3.92. The van der Waals surface area contributed by atoms with Gasteiger partial charge in [0.2, 0.25) is 0 Å². The Morgan fingerprint density at radius 3 is 2.47 bits per heavy atom. The second-order valence-corrected chi connectivity index (χ2v) is 4.76. The van der Waals surface area contributed by atoms with Gasteiger partial charge in [0, 0.05) is 16.4 Å². The van der Waals surface area contributed by atoms with Crippen molar-refractivity contribution in [2.45, 2.75) is 0 Å². The van der Waals surface area contributed by atoms with Gasteiger partial charge in [-0.2, -0.15) is 0 Å². The summed E-state index contributed by atoms with van der Waals surface area (Å²) >= 11 is 11.9. The van der Waals surface area contributed by atoms with E-state index in [0.717, 1.165) is 0 Å². The van der Waals surface area contributed by atoms with E-state index in [1.165, 1.54) is 0 Å². The molecule has 2 aromatic rings. The molecule has 0 saturated heterocycles. The number of hydrogen-bond acceptors (Lipinski definition) is 3. The first-order valence-corrected chi connectivity index (χ1v) is 6.14. The molecule has 0 aliphatic heterocycles. The lowest BCUT2D eigenvalue weighted by atomic mass is 10.1. The van der Waals surface area contributed by atoms with E-state index in [9.17, 15) is 4.79 Å². The predicted octanol–water partition coefficient (Wildman–Crippen LogP) is 3.42. The summed E-state index contributed by atoms with van der Waals surface area (Å²) in [5, 5.41) is 4.09. The van der Waals surface area contributed by atoms with Crippen molar-refractivity contribution < 1.29 is 4.79 Å². The van der Waals surface area contributed by atoms with E-state index in [-0.39, 0.29) is 5.56 Å². The third-order valence-electron chi connectivity index (χ3n) is 2.53. The maximum atomic E-state index is 11.2. The smallest absolute Gasteiger partial charge is 0.250 e. The van der Waals surface area contributed by atoms with Crippen molar-refractivity contribution in [2.75, 3.05) is 11.1 Å². The van der Waals surface area contributed by atoms with E-state index >= 15 is 0 Å². The zero-order valence-electron chi connectivity index (χ0n) is 9.78. The zero-order valence-corrected chi connectivity index (χ0v) is 11.3. The number of anilines is 3. The van der Waals surface area contributed by atoms with Gasteiger partial charge >= 0.3 is 0 Å². The summed E-state index contributed by atoms with van der Waals surface area (Å²) in [7, 11) is 0. The molecule has 6 heteroatoms. The molecule has 98 valence electrons. The first-order chi connectivity index (χ1) is 8.97. The van der Waals surface area contributed by atoms with Crippen LogP contribution in [0.4, 0.5) is 17.1 Å². The molecule has 0 aliphatic rings. The highest BCUT2D eigenvalue weighted by Crippen LogP contribution is 2.29. The van der Waals surface area contributed by atoms with Gasteiger partial charge < -0.3 is 16.8 Å². The summed E-state index contributed by atoms with van der Waals surface area (Å²) in [5.41, 5.74) is 12.8. The van der Waals surface area contributed by atoms with Gasteiger partial charge in [-0.3, -0.25) is 4.79 Å². The van der Waals surface area contributed by atoms with Crippen LogP contribution in [-0.4, -0.2) is 5.91 Å². The van der Waals surface area contributed by atoms with Crippen LogP contribution in [0.15, 0.2) is 36.4 Å². The van der Waals surface area contributed by atoms with Gasteiger partial charge in [0.1, 0.15) is 0 Å². The third kappa shape index (κ3) is 3.10. The van der Waals surface area contributed by atoms with Crippen molar-refractivity contribution in [3.63, 3.8) is 0 Å². The molecule has 5 N–H and O–H groups in total. The van der Waals surface area contributed by atoms with Gasteiger partial charge in [-0.25, -0.2) is 0 Å². The number of primary amides is 1. The number of nitrogens with two attached hydrogens (primary N) is 2. The number of carbonyl (C=O) groups is 1. The number of nitrogens with one attached hydrogen (secondary N) is 1. The monoisotopic (exact) mass is 295 g/mol. The zero-order chi connectivity index (χ0) is 14.0. The van der Waals surface area contributed by atoms with E-state index in [0.29, 0.717) is 27.1 Å². The van der Waals surface area contributed by atoms with Gasteiger partial charge in [-0.15, -0.1) is 0 Å². The molecule has 0 atom stereocenters. The molecule has 0 fully saturated rings. The quantitative estimate of drug-likeness (QED) is 0.759. The van der Waals surface area contributed by atoms with Crippen LogP contribution in [-0.2, 0) is 0 Å². The average molecular weight is 296 g/mol. The van der Waals surface area contributed by atoms with Crippen LogP contribution in [0.2, 0.25) is 10.0 Å². The van der Waals surface area contributed by atoms with Gasteiger partial charge in [-0.05, 0) is 36.4 Å². The molecule has 0 heterocycles. The molecule has 0 spiro atoms. The molecule has 2 aromatic carbocycles. The fraction of sp³-hybridized carbons (Fsp3) is 0. The second kappa shape index (κ2) is 5.38. The first kappa shape index (κ1) is 13.5. The van der Waals surface area contributed by atoms with E-state index in [1.54, 1.807) is 36.4 Å². The summed E-state index contributed by atoms with van der Waals surface area (Å²) < 4.78 is 0. The summed E-state index contributed by atoms with van der Waals surface area (Å²) in [4.78, 5) is 11.2. The highest BCUT2D eigenvalue weighted by Gasteiger charge is 2.08. The van der Waals surface area contributed by atoms with Crippen molar-refractivity contribution in [1.29, 1.82) is 0 Å². The first-order valence-electron chi connectivity index (χ1n) is 5.39. The number of rotatable bonds is 3. The molecule has 0 saturated carbocycles. The van der Waals surface area contributed by atoms with Crippen molar-refractivity contribution >= 4 is 46.2 Å². The van der Waals surface area contributed by atoms with Crippen LogP contribution >= 0.6 is 23.2 Å². The molecule has 0 unspecified atom stereocenters. The summed E-state index contributed by atoms with van der Waals surface area (Å²) in [6, 6.07) is 9.98. The SMILES string of the molecule is NC(=O)c1cc(Nc2ccc(Cl)cc2Cl)ccc1N. The van der Waals surface area contributed by atoms with Crippen molar-refractivity contribution in [3.05, 3.63) is 52.0 Å². The van der Waals surface area contributed by atoms with E-state index in [1.807, 2.05) is 0 Å². The fourth-order valence-electron chi connectivity index (χ4n) is 1.59. The lowest BCUT2D eigenvalue weighted by Crippen LogP contribution is -2.13. The Kier molecular flexibility index (Phi) is 3.83. The van der Waals surface area contributed by atoms with Crippen LogP contribution in [0.25, 0.3) is 0 Å². The highest BCUT2D eigenvalue weighted by molar-refractivity contribution is 6.36. The number of amides is 1. The van der Waals surface area contributed by atoms with Crippen LogP contribution in [0.3, 0.4) is 0 Å². The van der Waals surface area contributed by atoms with E-state index < -0.39 is 5.91 Å². The molecule has 19 heavy (non-hydrogen) atoms. The molecule has 4 nitrogen and oxygen atoms in total. The van der Waals surface area contributed by atoms with Crippen LogP contribution in [0.1, 0.15) is 10.4 Å². The molecule has 0 aromatic heterocycles. The lowest BCUT2D eigenvalue weighted by Gasteiger charge is -2.10. The summed E-state index contributed by atoms with van der Waals surface area (Å²) in [6.07, 6.45) is 0. The van der Waals surface area contributed by atoms with Gasteiger partial charge in [0.25, 0.3) is 5.91 Å². The largest absolute Gasteiger partial charge is 0.398 e. The number of carbonyl (C=O) groups excluding carboxylic acids is 1. The normalized spacial score (nSPS) is 10.2. The number of benzene rings is 2. The van der Waals surface area contributed by atoms with Gasteiger partial charge in [0.05, 0.1) is 16.3 Å². The van der Waals surface area contributed by atoms with Crippen molar-refractivity contribution in [1.82, 2.24) is 0 Å². The number of nitrogen functional groups attached to an aromatic ring is 1. The van der Waals surface area contributed by atoms with Gasteiger partial charge in [-0.1, -0.05) is 23.2 Å². The third-order valence-corrected chi connectivity index (χ3v) is 3.08. The molecule has 0 bridgehead atoms. The molecule has 0 aliphatic carbocycles. The Morgan fingerprint density at radius 1 is 1.11 bits per heavy atom. The Balaban J connectivity index is 2.33. The Hall–Kier alpha value is -1.91. The minimum absolute atomic E-state index is 0.259. The Labute approximate surface area is 120 Å². The van der Waals surface area contributed by atoms with Crippen molar-refractivity contribution in [2.24, 2.45) is 5.73 Å². The standard InChI is InChI=1S/C13H11Cl2N3O/c14-7-1-4-12(10(15)5-7)18-8-2-3-11(16)9(6-8)13(17)19/h1-6,18H,16H2,(H2,17,19). The molecule has 2 rings (SSSR count). The fourth-order valence-corrected chi connectivity index (χ4v) is 2.05. The number of halogens is 2. The average Bonchev–Trinajstić information content (AvgIpc) is 2.34. The summed E-state index contributed by atoms with van der Waals surface area (Å²) in [6.45, 7) is 0. The topological polar surface area (TPSA) is 81.1 Å². The number of hydrogen-bond donors (Lipinski definition) is 3.